The molecule has 0 aliphatic rings. The lowest BCUT2D eigenvalue weighted by Gasteiger charge is -2.10. The molecule has 0 spiro atoms. The molecule has 0 aromatic carbocycles. The van der Waals surface area contributed by atoms with E-state index in [0.717, 1.165) is 11.3 Å². The first-order chi connectivity index (χ1) is 10.4. The van der Waals surface area contributed by atoms with E-state index in [9.17, 15) is 14.7 Å². The summed E-state index contributed by atoms with van der Waals surface area (Å²) in [6.45, 7) is 3.87. The summed E-state index contributed by atoms with van der Waals surface area (Å²) in [5, 5.41) is 12.8. The molecule has 0 fully saturated rings. The van der Waals surface area contributed by atoms with E-state index in [1.807, 2.05) is 6.92 Å². The normalized spacial score (nSPS) is 12.2. The van der Waals surface area contributed by atoms with Crippen molar-refractivity contribution in [2.45, 2.75) is 26.4 Å². The van der Waals surface area contributed by atoms with Gasteiger partial charge in [-0.1, -0.05) is 0 Å². The second-order valence-electron chi connectivity index (χ2n) is 5.27. The van der Waals surface area contributed by atoms with Gasteiger partial charge in [0.1, 0.15) is 17.1 Å². The summed E-state index contributed by atoms with van der Waals surface area (Å²) in [5.74, 6) is 0.977. The second kappa shape index (κ2) is 6.62. The molecule has 0 unspecified atom stereocenters. The zero-order valence-corrected chi connectivity index (χ0v) is 12.9. The Morgan fingerprint density at radius 3 is 2.82 bits per heavy atom. The topological polar surface area (TPSA) is 84.5 Å². The number of amides is 1. The summed E-state index contributed by atoms with van der Waals surface area (Å²) in [6, 6.07) is 4.91. The SMILES string of the molecule is Cc1cc([C@H](O)CCNC(=O)c2cccn(C)c2=O)c(C)o1. The van der Waals surface area contributed by atoms with E-state index in [4.69, 9.17) is 4.42 Å². The third kappa shape index (κ3) is 3.46. The lowest BCUT2D eigenvalue weighted by atomic mass is 10.1. The van der Waals surface area contributed by atoms with Gasteiger partial charge in [-0.3, -0.25) is 9.59 Å². The van der Waals surface area contributed by atoms with Crippen molar-refractivity contribution in [3.05, 3.63) is 57.4 Å². The van der Waals surface area contributed by atoms with Gasteiger partial charge < -0.3 is 19.4 Å². The molecule has 118 valence electrons. The summed E-state index contributed by atoms with van der Waals surface area (Å²) in [5.41, 5.74) is 0.471. The average Bonchev–Trinajstić information content (AvgIpc) is 2.80. The van der Waals surface area contributed by atoms with Gasteiger partial charge in [-0.15, -0.1) is 0 Å². The highest BCUT2D eigenvalue weighted by Gasteiger charge is 2.15. The highest BCUT2D eigenvalue weighted by Crippen LogP contribution is 2.23. The van der Waals surface area contributed by atoms with Crippen LogP contribution < -0.4 is 10.9 Å². The number of carbonyl (C=O) groups excluding carboxylic acids is 1. The summed E-state index contributed by atoms with van der Waals surface area (Å²) in [4.78, 5) is 23.8. The maximum atomic E-state index is 12.0. The molecule has 2 aromatic rings. The van der Waals surface area contributed by atoms with Crippen LogP contribution in [-0.4, -0.2) is 22.1 Å². The van der Waals surface area contributed by atoms with Crippen LogP contribution in [0.3, 0.4) is 0 Å². The number of aromatic nitrogens is 1. The van der Waals surface area contributed by atoms with Gasteiger partial charge in [0, 0.05) is 25.4 Å². The fraction of sp³-hybridized carbons (Fsp3) is 0.375. The first-order valence-electron chi connectivity index (χ1n) is 7.09. The van der Waals surface area contributed by atoms with Crippen LogP contribution in [0.25, 0.3) is 0 Å². The quantitative estimate of drug-likeness (QED) is 0.875. The molecule has 2 N–H and O–H groups in total. The van der Waals surface area contributed by atoms with E-state index in [2.05, 4.69) is 5.32 Å². The minimum atomic E-state index is -0.712. The first kappa shape index (κ1) is 16.0. The molecule has 1 atom stereocenters. The Morgan fingerprint density at radius 1 is 1.45 bits per heavy atom. The highest BCUT2D eigenvalue weighted by molar-refractivity contribution is 5.93. The Balaban J connectivity index is 1.93. The maximum Gasteiger partial charge on any atom is 0.263 e. The minimum absolute atomic E-state index is 0.0924. The molecule has 6 heteroatoms. The van der Waals surface area contributed by atoms with Crippen LogP contribution in [-0.2, 0) is 7.05 Å². The molecule has 2 heterocycles. The number of aliphatic hydroxyl groups excluding tert-OH is 1. The molecule has 1 amide bonds. The molecule has 2 aromatic heterocycles. The van der Waals surface area contributed by atoms with Crippen LogP contribution in [0.2, 0.25) is 0 Å². The van der Waals surface area contributed by atoms with E-state index in [0.29, 0.717) is 12.2 Å². The van der Waals surface area contributed by atoms with Crippen LogP contribution in [0.4, 0.5) is 0 Å². The number of nitrogens with zero attached hydrogens (tertiary/aromatic N) is 1. The Bertz CT molecular complexity index is 730. The van der Waals surface area contributed by atoms with Gasteiger partial charge in [0.25, 0.3) is 11.5 Å². The third-order valence-corrected chi connectivity index (χ3v) is 3.51. The molecule has 22 heavy (non-hydrogen) atoms. The smallest absolute Gasteiger partial charge is 0.263 e. The number of nitrogens with one attached hydrogen (secondary N) is 1. The fourth-order valence-corrected chi connectivity index (χ4v) is 2.32. The van der Waals surface area contributed by atoms with Crippen LogP contribution in [0.15, 0.2) is 33.6 Å². The monoisotopic (exact) mass is 304 g/mol. The fourth-order valence-electron chi connectivity index (χ4n) is 2.32. The maximum absolute atomic E-state index is 12.0. The average molecular weight is 304 g/mol. The van der Waals surface area contributed by atoms with Gasteiger partial charge in [-0.2, -0.15) is 0 Å². The van der Waals surface area contributed by atoms with Crippen LogP contribution in [0, 0.1) is 13.8 Å². The van der Waals surface area contributed by atoms with E-state index in [1.165, 1.54) is 10.6 Å². The molecule has 2 rings (SSSR count). The number of pyridine rings is 1. The zero-order valence-electron chi connectivity index (χ0n) is 12.9. The summed E-state index contributed by atoms with van der Waals surface area (Å²) in [6.07, 6.45) is 1.22. The summed E-state index contributed by atoms with van der Waals surface area (Å²) < 4.78 is 6.72. The Hall–Kier alpha value is -2.34. The van der Waals surface area contributed by atoms with Crippen molar-refractivity contribution in [3.63, 3.8) is 0 Å². The van der Waals surface area contributed by atoms with Gasteiger partial charge in [0.15, 0.2) is 0 Å². The summed E-state index contributed by atoms with van der Waals surface area (Å²) >= 11 is 0. The lowest BCUT2D eigenvalue weighted by molar-refractivity contribution is 0.0940. The van der Waals surface area contributed by atoms with Gasteiger partial charge >= 0.3 is 0 Å². The summed E-state index contributed by atoms with van der Waals surface area (Å²) in [7, 11) is 1.59. The van der Waals surface area contributed by atoms with E-state index in [1.54, 1.807) is 32.3 Å². The van der Waals surface area contributed by atoms with Crippen LogP contribution >= 0.6 is 0 Å². The lowest BCUT2D eigenvalue weighted by Crippen LogP contribution is -2.32. The largest absolute Gasteiger partial charge is 0.466 e. The van der Waals surface area contributed by atoms with Crippen molar-refractivity contribution < 1.29 is 14.3 Å². The molecule has 0 radical (unpaired) electrons. The predicted octanol–water partition coefficient (Wildman–Crippen LogP) is 1.45. The number of aliphatic hydroxyl groups is 1. The zero-order chi connectivity index (χ0) is 16.3. The molecule has 6 nitrogen and oxygen atoms in total. The Morgan fingerprint density at radius 2 is 2.18 bits per heavy atom. The van der Waals surface area contributed by atoms with Gasteiger partial charge in [0.2, 0.25) is 0 Å². The molecule has 0 aliphatic carbocycles. The van der Waals surface area contributed by atoms with Crippen LogP contribution in [0.1, 0.15) is 40.0 Å². The number of hydrogen-bond donors (Lipinski definition) is 2. The molecular formula is C16H20N2O4. The van der Waals surface area contributed by atoms with Crippen molar-refractivity contribution in [3.8, 4) is 0 Å². The van der Waals surface area contributed by atoms with Gasteiger partial charge in [-0.05, 0) is 38.5 Å². The van der Waals surface area contributed by atoms with Gasteiger partial charge in [0.05, 0.1) is 6.10 Å². The van der Waals surface area contributed by atoms with E-state index in [-0.39, 0.29) is 17.7 Å². The molecule has 0 saturated carbocycles. The third-order valence-electron chi connectivity index (χ3n) is 3.51. The molecular weight excluding hydrogens is 284 g/mol. The molecule has 0 aliphatic heterocycles. The van der Waals surface area contributed by atoms with Crippen molar-refractivity contribution in [2.75, 3.05) is 6.54 Å². The first-order valence-corrected chi connectivity index (χ1v) is 7.09. The van der Waals surface area contributed by atoms with Gasteiger partial charge in [-0.25, -0.2) is 0 Å². The van der Waals surface area contributed by atoms with Crippen molar-refractivity contribution in [1.82, 2.24) is 9.88 Å². The van der Waals surface area contributed by atoms with E-state index < -0.39 is 12.0 Å². The Kier molecular flexibility index (Phi) is 4.82. The Labute approximate surface area is 128 Å². The second-order valence-corrected chi connectivity index (χ2v) is 5.27. The van der Waals surface area contributed by atoms with Crippen LogP contribution in [0.5, 0.6) is 0 Å². The standard InChI is InChI=1S/C16H20N2O4/c1-10-9-13(11(2)22-10)14(19)6-7-17-15(20)12-5-4-8-18(3)16(12)21/h4-5,8-9,14,19H,6-7H2,1-3H3,(H,17,20)/t14-/m1/s1. The predicted molar refractivity (Wildman–Crippen MR) is 81.8 cm³/mol. The van der Waals surface area contributed by atoms with E-state index >= 15 is 0 Å². The number of carbonyl (C=O) groups is 1. The van der Waals surface area contributed by atoms with Crippen molar-refractivity contribution in [1.29, 1.82) is 0 Å². The van der Waals surface area contributed by atoms with Crippen molar-refractivity contribution in [2.24, 2.45) is 7.05 Å². The molecule has 0 bridgehead atoms. The minimum Gasteiger partial charge on any atom is -0.466 e. The highest BCUT2D eigenvalue weighted by atomic mass is 16.3. The molecule has 0 saturated heterocycles. The number of hydrogen-bond acceptors (Lipinski definition) is 4. The number of rotatable bonds is 5. The number of aryl methyl sites for hydroxylation is 3. The number of furan rings is 1. The van der Waals surface area contributed by atoms with Crippen molar-refractivity contribution >= 4 is 5.91 Å².